The van der Waals surface area contributed by atoms with Gasteiger partial charge in [-0.1, -0.05) is 170 Å². The minimum Gasteiger partial charge on any atom is -0.456 e. The van der Waals surface area contributed by atoms with Crippen molar-refractivity contribution in [2.45, 2.75) is 0 Å². The zero-order chi connectivity index (χ0) is 40.0. The summed E-state index contributed by atoms with van der Waals surface area (Å²) in [6, 6.07) is 80.0. The summed E-state index contributed by atoms with van der Waals surface area (Å²) < 4.78 is 7.00. The van der Waals surface area contributed by atoms with Gasteiger partial charge in [0.1, 0.15) is 11.5 Å². The van der Waals surface area contributed by atoms with Crippen LogP contribution >= 0.6 is 0 Å². The first kappa shape index (κ1) is 33.9. The highest BCUT2D eigenvalue weighted by Crippen LogP contribution is 2.55. The maximum absolute atomic E-state index is 7.00. The Balaban J connectivity index is 0.977. The van der Waals surface area contributed by atoms with Crippen LogP contribution in [0.25, 0.3) is 120 Å². The van der Waals surface area contributed by atoms with Crippen molar-refractivity contribution in [3.8, 4) is 67.1 Å². The van der Waals surface area contributed by atoms with Gasteiger partial charge in [-0.2, -0.15) is 0 Å². The lowest BCUT2D eigenvalue weighted by Crippen LogP contribution is -2.01. The van der Waals surface area contributed by atoms with Crippen molar-refractivity contribution in [2.24, 2.45) is 0 Å². The van der Waals surface area contributed by atoms with Crippen LogP contribution < -0.4 is 4.74 Å². The molecule has 12 aromatic carbocycles. The lowest BCUT2D eigenvalue weighted by Gasteiger charge is -2.27. The smallest absolute Gasteiger partial charge is 0.135 e. The van der Waals surface area contributed by atoms with Gasteiger partial charge in [0.15, 0.2) is 0 Å². The molecule has 1 aliphatic heterocycles. The fraction of sp³-hybridized carbons (Fsp3) is 0. The fourth-order valence-corrected chi connectivity index (χ4v) is 10.1. The number of hydrogen-bond acceptors (Lipinski definition) is 1. The third-order valence-corrected chi connectivity index (χ3v) is 13.0. The normalized spacial score (nSPS) is 12.1. The molecule has 0 spiro atoms. The first-order valence-corrected chi connectivity index (χ1v) is 21.1. The minimum absolute atomic E-state index is 0.877. The second-order valence-electron chi connectivity index (χ2n) is 16.4. The van der Waals surface area contributed by atoms with E-state index in [-0.39, 0.29) is 0 Å². The van der Waals surface area contributed by atoms with Crippen LogP contribution in [0.4, 0.5) is 0 Å². The van der Waals surface area contributed by atoms with Crippen LogP contribution in [-0.4, -0.2) is 0 Å². The van der Waals surface area contributed by atoms with E-state index in [2.05, 4.69) is 218 Å². The SMILES string of the molecule is c1ccc(-c2c3c4c(cccc4c4cc(-c5ccc6cc(-c7ccc8ccccc8c7)ccc6c5)ccc24)Oc2cc(-c4c5ccccc5cc5ccccc45)ccc2-3)cc1. The van der Waals surface area contributed by atoms with E-state index in [1.165, 1.54) is 104 Å². The van der Waals surface area contributed by atoms with E-state index in [4.69, 9.17) is 4.74 Å². The van der Waals surface area contributed by atoms with E-state index in [0.717, 1.165) is 28.0 Å². The average molecular weight is 773 g/mol. The first-order valence-electron chi connectivity index (χ1n) is 21.1. The molecule has 1 aliphatic rings. The molecule has 0 unspecified atom stereocenters. The third-order valence-electron chi connectivity index (χ3n) is 13.0. The van der Waals surface area contributed by atoms with Gasteiger partial charge < -0.3 is 4.74 Å². The van der Waals surface area contributed by atoms with Crippen LogP contribution in [0.15, 0.2) is 218 Å². The molecular weight excluding hydrogens is 737 g/mol. The van der Waals surface area contributed by atoms with Crippen molar-refractivity contribution in [3.05, 3.63) is 218 Å². The molecular formula is C60H36O. The second-order valence-corrected chi connectivity index (χ2v) is 16.4. The van der Waals surface area contributed by atoms with Crippen molar-refractivity contribution >= 4 is 64.6 Å². The monoisotopic (exact) mass is 772 g/mol. The summed E-state index contributed by atoms with van der Waals surface area (Å²) in [4.78, 5) is 0. The molecule has 0 fully saturated rings. The second kappa shape index (κ2) is 13.3. The van der Waals surface area contributed by atoms with Gasteiger partial charge in [0, 0.05) is 16.5 Å². The molecule has 0 atom stereocenters. The topological polar surface area (TPSA) is 9.23 Å². The molecule has 0 N–H and O–H groups in total. The van der Waals surface area contributed by atoms with Gasteiger partial charge in [-0.25, -0.2) is 0 Å². The quantitative estimate of drug-likeness (QED) is 0.128. The number of ether oxygens (including phenoxy) is 1. The van der Waals surface area contributed by atoms with Crippen LogP contribution in [0.1, 0.15) is 0 Å². The molecule has 282 valence electrons. The molecule has 0 radical (unpaired) electrons. The Labute approximate surface area is 353 Å². The summed E-state index contributed by atoms with van der Waals surface area (Å²) in [5.41, 5.74) is 12.0. The fourth-order valence-electron chi connectivity index (χ4n) is 10.1. The van der Waals surface area contributed by atoms with Gasteiger partial charge in [-0.15, -0.1) is 0 Å². The summed E-state index contributed by atoms with van der Waals surface area (Å²) in [6.07, 6.45) is 0. The molecule has 1 nitrogen and oxygen atoms in total. The van der Waals surface area contributed by atoms with Gasteiger partial charge in [0.05, 0.1) is 0 Å². The van der Waals surface area contributed by atoms with Crippen LogP contribution in [0.2, 0.25) is 0 Å². The first-order chi connectivity index (χ1) is 30.2. The van der Waals surface area contributed by atoms with E-state index in [1.807, 2.05) is 0 Å². The third kappa shape index (κ3) is 5.34. The molecule has 1 heterocycles. The predicted octanol–water partition coefficient (Wildman–Crippen LogP) is 17.0. The Morgan fingerprint density at radius 2 is 0.770 bits per heavy atom. The number of hydrogen-bond donors (Lipinski definition) is 0. The van der Waals surface area contributed by atoms with Gasteiger partial charge >= 0.3 is 0 Å². The maximum Gasteiger partial charge on any atom is 0.135 e. The highest BCUT2D eigenvalue weighted by atomic mass is 16.5. The van der Waals surface area contributed by atoms with Crippen LogP contribution in [-0.2, 0) is 0 Å². The lowest BCUT2D eigenvalue weighted by molar-refractivity contribution is 0.487. The summed E-state index contributed by atoms with van der Waals surface area (Å²) >= 11 is 0. The highest BCUT2D eigenvalue weighted by molar-refractivity contribution is 6.25. The Hall–Kier alpha value is -8.00. The maximum atomic E-state index is 7.00. The lowest BCUT2D eigenvalue weighted by atomic mass is 9.82. The standard InChI is InChI=1S/C60H36O/c1-2-12-38(13-3-1)58-52-29-27-45(44-26-25-42-32-41(23-24-43(42)33-44)40-22-21-37-11-4-5-14-39(37)31-40)35-54(52)51-19-10-20-55-59(51)60(58)53-30-28-48(36-56(53)61-55)57-49-17-8-6-15-46(49)34-47-16-7-9-18-50(47)57/h1-36H. The van der Waals surface area contributed by atoms with Crippen molar-refractivity contribution < 1.29 is 4.74 Å². The van der Waals surface area contributed by atoms with Gasteiger partial charge in [0.25, 0.3) is 0 Å². The van der Waals surface area contributed by atoms with Gasteiger partial charge in [0.2, 0.25) is 0 Å². The molecule has 1 heteroatoms. The molecule has 12 aromatic rings. The van der Waals surface area contributed by atoms with Crippen molar-refractivity contribution in [2.75, 3.05) is 0 Å². The summed E-state index contributed by atoms with van der Waals surface area (Å²) in [7, 11) is 0. The van der Waals surface area contributed by atoms with Gasteiger partial charge in [-0.05, 0) is 152 Å². The Kier molecular flexibility index (Phi) is 7.37. The summed E-state index contributed by atoms with van der Waals surface area (Å²) in [6.45, 7) is 0. The van der Waals surface area contributed by atoms with Crippen molar-refractivity contribution in [1.29, 1.82) is 0 Å². The molecule has 0 aliphatic carbocycles. The molecule has 0 saturated heterocycles. The minimum atomic E-state index is 0.877. The largest absolute Gasteiger partial charge is 0.456 e. The average Bonchev–Trinajstić information content (AvgIpc) is 3.32. The Morgan fingerprint density at radius 3 is 1.48 bits per heavy atom. The Morgan fingerprint density at radius 1 is 0.230 bits per heavy atom. The van der Waals surface area contributed by atoms with Crippen LogP contribution in [0.5, 0.6) is 11.5 Å². The van der Waals surface area contributed by atoms with Gasteiger partial charge in [-0.3, -0.25) is 0 Å². The van der Waals surface area contributed by atoms with E-state index in [0.29, 0.717) is 0 Å². The molecule has 13 rings (SSSR count). The van der Waals surface area contributed by atoms with E-state index in [9.17, 15) is 0 Å². The summed E-state index contributed by atoms with van der Waals surface area (Å²) in [5.74, 6) is 1.76. The Bertz CT molecular complexity index is 3730. The number of benzene rings is 12. The number of fused-ring (bicyclic) bond motifs is 8. The van der Waals surface area contributed by atoms with E-state index in [1.54, 1.807) is 0 Å². The van der Waals surface area contributed by atoms with Crippen LogP contribution in [0, 0.1) is 0 Å². The molecule has 0 bridgehead atoms. The van der Waals surface area contributed by atoms with Crippen molar-refractivity contribution in [1.82, 2.24) is 0 Å². The van der Waals surface area contributed by atoms with E-state index >= 15 is 0 Å². The number of rotatable bonds is 4. The van der Waals surface area contributed by atoms with Crippen LogP contribution in [0.3, 0.4) is 0 Å². The predicted molar refractivity (Wildman–Crippen MR) is 259 cm³/mol. The zero-order valence-electron chi connectivity index (χ0n) is 33.2. The zero-order valence-corrected chi connectivity index (χ0v) is 33.2. The molecule has 0 saturated carbocycles. The molecule has 0 aromatic heterocycles. The molecule has 61 heavy (non-hydrogen) atoms. The van der Waals surface area contributed by atoms with Crippen molar-refractivity contribution in [3.63, 3.8) is 0 Å². The summed E-state index contributed by atoms with van der Waals surface area (Å²) in [5, 5.41) is 14.7. The highest BCUT2D eigenvalue weighted by Gasteiger charge is 2.27. The van der Waals surface area contributed by atoms with E-state index < -0.39 is 0 Å². The molecule has 0 amide bonds.